The molecule has 5 heteroatoms. The Bertz CT molecular complexity index is 647. The van der Waals surface area contributed by atoms with Crippen molar-refractivity contribution in [3.8, 4) is 0 Å². The minimum atomic E-state index is -0.751. The summed E-state index contributed by atoms with van der Waals surface area (Å²) >= 11 is 1.72. The number of hydrogen-bond donors (Lipinski definition) is 2. The van der Waals surface area contributed by atoms with Crippen molar-refractivity contribution in [1.29, 1.82) is 0 Å². The predicted molar refractivity (Wildman–Crippen MR) is 98.5 cm³/mol. The molecule has 0 spiro atoms. The molecule has 0 aliphatic rings. The highest BCUT2D eigenvalue weighted by atomic mass is 32.1. The summed E-state index contributed by atoms with van der Waals surface area (Å²) in [6.45, 7) is 7.23. The van der Waals surface area contributed by atoms with E-state index in [-0.39, 0.29) is 17.9 Å². The number of carbonyl (C=O) groups is 1. The zero-order chi connectivity index (χ0) is 17.6. The van der Waals surface area contributed by atoms with Crippen LogP contribution in [0.5, 0.6) is 0 Å². The van der Waals surface area contributed by atoms with Crippen molar-refractivity contribution in [3.05, 3.63) is 52.0 Å². The van der Waals surface area contributed by atoms with E-state index in [1.807, 2.05) is 24.4 Å². The Morgan fingerprint density at radius 1 is 1.29 bits per heavy atom. The summed E-state index contributed by atoms with van der Waals surface area (Å²) in [7, 11) is 0. The molecule has 0 saturated heterocycles. The lowest BCUT2D eigenvalue weighted by atomic mass is 9.96. The van der Waals surface area contributed by atoms with Crippen LogP contribution >= 0.6 is 11.3 Å². The molecule has 1 unspecified atom stereocenters. The molecule has 2 rings (SSSR count). The van der Waals surface area contributed by atoms with Gasteiger partial charge in [0.2, 0.25) is 0 Å². The minimum Gasteiger partial charge on any atom is -0.481 e. The molecular weight excluding hydrogens is 320 g/mol. The third-order valence-corrected chi connectivity index (χ3v) is 5.29. The molecule has 0 bridgehead atoms. The Balaban J connectivity index is 1.96. The molecule has 1 aromatic carbocycles. The SMILES string of the molecule is CC(C)(C)c1cnc(CNC(CCC(=O)O)Cc2ccccc2)s1. The first-order valence-corrected chi connectivity index (χ1v) is 9.10. The van der Waals surface area contributed by atoms with Gasteiger partial charge in [-0.15, -0.1) is 11.3 Å². The fourth-order valence-corrected chi connectivity index (χ4v) is 3.37. The average Bonchev–Trinajstić information content (AvgIpc) is 3.00. The van der Waals surface area contributed by atoms with E-state index in [4.69, 9.17) is 5.11 Å². The molecule has 130 valence electrons. The maximum absolute atomic E-state index is 10.9. The van der Waals surface area contributed by atoms with Crippen LogP contribution in [0.25, 0.3) is 0 Å². The van der Waals surface area contributed by atoms with Crippen LogP contribution in [0, 0.1) is 0 Å². The number of nitrogens with zero attached hydrogens (tertiary/aromatic N) is 1. The first-order valence-electron chi connectivity index (χ1n) is 8.29. The van der Waals surface area contributed by atoms with Crippen molar-refractivity contribution in [1.82, 2.24) is 10.3 Å². The number of rotatable bonds is 8. The molecular formula is C19H26N2O2S. The monoisotopic (exact) mass is 346 g/mol. The number of hydrogen-bond acceptors (Lipinski definition) is 4. The Hall–Kier alpha value is -1.72. The summed E-state index contributed by atoms with van der Waals surface area (Å²) in [6, 6.07) is 10.3. The first kappa shape index (κ1) is 18.6. The van der Waals surface area contributed by atoms with Gasteiger partial charge in [-0.25, -0.2) is 4.98 Å². The summed E-state index contributed by atoms with van der Waals surface area (Å²) in [5.74, 6) is -0.751. The highest BCUT2D eigenvalue weighted by Crippen LogP contribution is 2.27. The molecule has 1 heterocycles. The maximum atomic E-state index is 10.9. The second kappa shape index (κ2) is 8.40. The number of benzene rings is 1. The molecule has 0 radical (unpaired) electrons. The van der Waals surface area contributed by atoms with Crippen LogP contribution in [0.15, 0.2) is 36.5 Å². The van der Waals surface area contributed by atoms with Gasteiger partial charge in [0.15, 0.2) is 0 Å². The Morgan fingerprint density at radius 2 is 2.00 bits per heavy atom. The van der Waals surface area contributed by atoms with Gasteiger partial charge in [-0.1, -0.05) is 51.1 Å². The Labute approximate surface area is 148 Å². The van der Waals surface area contributed by atoms with Gasteiger partial charge >= 0.3 is 5.97 Å². The summed E-state index contributed by atoms with van der Waals surface area (Å²) in [6.07, 6.45) is 3.56. The summed E-state index contributed by atoms with van der Waals surface area (Å²) in [5, 5.41) is 13.5. The Kier molecular flexibility index (Phi) is 6.52. The van der Waals surface area contributed by atoms with E-state index in [2.05, 4.69) is 43.2 Å². The van der Waals surface area contributed by atoms with Crippen molar-refractivity contribution < 1.29 is 9.90 Å². The molecule has 24 heavy (non-hydrogen) atoms. The van der Waals surface area contributed by atoms with Gasteiger partial charge in [-0.3, -0.25) is 4.79 Å². The van der Waals surface area contributed by atoms with Gasteiger partial charge in [0.25, 0.3) is 0 Å². The van der Waals surface area contributed by atoms with Gasteiger partial charge < -0.3 is 10.4 Å². The van der Waals surface area contributed by atoms with E-state index >= 15 is 0 Å². The number of thiazole rings is 1. The lowest BCUT2D eigenvalue weighted by Gasteiger charge is -2.18. The smallest absolute Gasteiger partial charge is 0.303 e. The van der Waals surface area contributed by atoms with Crippen molar-refractivity contribution in [3.63, 3.8) is 0 Å². The molecule has 1 atom stereocenters. The van der Waals surface area contributed by atoms with Gasteiger partial charge in [0, 0.05) is 30.1 Å². The van der Waals surface area contributed by atoms with Crippen LogP contribution in [0.3, 0.4) is 0 Å². The van der Waals surface area contributed by atoms with E-state index in [1.165, 1.54) is 10.4 Å². The molecule has 1 aromatic heterocycles. The quantitative estimate of drug-likeness (QED) is 0.758. The topological polar surface area (TPSA) is 62.2 Å². The molecule has 0 fully saturated rings. The van der Waals surface area contributed by atoms with Crippen LogP contribution in [-0.2, 0) is 23.2 Å². The van der Waals surface area contributed by atoms with Crippen molar-refractivity contribution >= 4 is 17.3 Å². The van der Waals surface area contributed by atoms with Crippen LogP contribution < -0.4 is 5.32 Å². The third-order valence-electron chi connectivity index (χ3n) is 3.87. The fraction of sp³-hybridized carbons (Fsp3) is 0.474. The molecule has 4 nitrogen and oxygen atoms in total. The van der Waals surface area contributed by atoms with E-state index in [0.29, 0.717) is 13.0 Å². The maximum Gasteiger partial charge on any atom is 0.303 e. The van der Waals surface area contributed by atoms with Crippen LogP contribution in [0.4, 0.5) is 0 Å². The molecule has 0 aliphatic heterocycles. The number of carboxylic acid groups (broad SMARTS) is 1. The van der Waals surface area contributed by atoms with E-state index in [9.17, 15) is 4.79 Å². The zero-order valence-electron chi connectivity index (χ0n) is 14.6. The van der Waals surface area contributed by atoms with Crippen LogP contribution in [0.1, 0.15) is 49.1 Å². The summed E-state index contributed by atoms with van der Waals surface area (Å²) in [4.78, 5) is 16.7. The molecule has 0 saturated carbocycles. The first-order chi connectivity index (χ1) is 11.3. The highest BCUT2D eigenvalue weighted by molar-refractivity contribution is 7.11. The highest BCUT2D eigenvalue weighted by Gasteiger charge is 2.18. The lowest BCUT2D eigenvalue weighted by molar-refractivity contribution is -0.137. The van der Waals surface area contributed by atoms with E-state index in [0.717, 1.165) is 11.4 Å². The number of carboxylic acids is 1. The number of nitrogens with one attached hydrogen (secondary N) is 1. The van der Waals surface area contributed by atoms with Crippen molar-refractivity contribution in [2.45, 2.75) is 58.0 Å². The molecule has 2 N–H and O–H groups in total. The average molecular weight is 346 g/mol. The van der Waals surface area contributed by atoms with Gasteiger partial charge in [-0.05, 0) is 23.8 Å². The second-order valence-corrected chi connectivity index (χ2v) is 8.18. The van der Waals surface area contributed by atoms with Gasteiger partial charge in [-0.2, -0.15) is 0 Å². The zero-order valence-corrected chi connectivity index (χ0v) is 15.4. The molecule has 0 amide bonds. The van der Waals surface area contributed by atoms with Crippen molar-refractivity contribution in [2.24, 2.45) is 0 Å². The number of aliphatic carboxylic acids is 1. The van der Waals surface area contributed by atoms with Gasteiger partial charge in [0.1, 0.15) is 5.01 Å². The third kappa shape index (κ3) is 6.06. The standard InChI is InChI=1S/C19H26N2O2S/c1-19(2,3)16-12-21-17(24-16)13-20-15(9-10-18(22)23)11-14-7-5-4-6-8-14/h4-8,12,15,20H,9-11,13H2,1-3H3,(H,22,23). The second-order valence-electron chi connectivity index (χ2n) is 7.07. The molecule has 0 aliphatic carbocycles. The summed E-state index contributed by atoms with van der Waals surface area (Å²) < 4.78 is 0. The van der Waals surface area contributed by atoms with E-state index < -0.39 is 5.97 Å². The van der Waals surface area contributed by atoms with Crippen LogP contribution in [0.2, 0.25) is 0 Å². The number of aromatic nitrogens is 1. The normalized spacial score (nSPS) is 13.0. The lowest BCUT2D eigenvalue weighted by Crippen LogP contribution is -2.31. The molecule has 2 aromatic rings. The largest absolute Gasteiger partial charge is 0.481 e. The summed E-state index contributed by atoms with van der Waals surface area (Å²) in [5.41, 5.74) is 1.33. The van der Waals surface area contributed by atoms with Crippen LogP contribution in [-0.4, -0.2) is 22.1 Å². The van der Waals surface area contributed by atoms with E-state index in [1.54, 1.807) is 11.3 Å². The Morgan fingerprint density at radius 3 is 2.58 bits per heavy atom. The van der Waals surface area contributed by atoms with Crippen molar-refractivity contribution in [2.75, 3.05) is 0 Å². The van der Waals surface area contributed by atoms with Gasteiger partial charge in [0.05, 0.1) is 0 Å². The minimum absolute atomic E-state index is 0.114. The fourth-order valence-electron chi connectivity index (χ4n) is 2.44. The predicted octanol–water partition coefficient (Wildman–Crippen LogP) is 4.01.